The predicted octanol–water partition coefficient (Wildman–Crippen LogP) is 0.509. The van der Waals surface area contributed by atoms with E-state index in [2.05, 4.69) is 20.2 Å². The zero-order valence-electron chi connectivity index (χ0n) is 12.0. The largest absolute Gasteiger partial charge is 0.377 e. The van der Waals surface area contributed by atoms with Crippen molar-refractivity contribution in [1.82, 2.24) is 20.2 Å². The summed E-state index contributed by atoms with van der Waals surface area (Å²) < 4.78 is 32.9. The Hall–Kier alpha value is -0.960. The average Bonchev–Trinajstić information content (AvgIpc) is 3.20. The summed E-state index contributed by atoms with van der Waals surface area (Å²) in [7, 11) is -3.56. The van der Waals surface area contributed by atoms with Crippen LogP contribution < -0.4 is 10.0 Å². The molecule has 7 nitrogen and oxygen atoms in total. The minimum absolute atomic E-state index is 0.0236. The van der Waals surface area contributed by atoms with Crippen molar-refractivity contribution in [3.8, 4) is 0 Å². The quantitative estimate of drug-likeness (QED) is 0.681. The third kappa shape index (κ3) is 4.03. The van der Waals surface area contributed by atoms with Gasteiger partial charge in [0.05, 0.1) is 12.3 Å². The standard InChI is InChI=1S/C13H22N4O3S/c18-21(19,16-9-12-3-1-2-6-20-12)13-10(8-15-17-13)7-14-11-4-5-11/h8,11-12,14,16H,1-7,9H2,(H,15,17). The maximum absolute atomic E-state index is 12.4. The summed E-state index contributed by atoms with van der Waals surface area (Å²) in [6, 6.07) is 0.527. The van der Waals surface area contributed by atoms with Crippen LogP contribution in [-0.2, 0) is 21.3 Å². The minimum atomic E-state index is -3.56. The van der Waals surface area contributed by atoms with Crippen molar-refractivity contribution >= 4 is 10.0 Å². The first kappa shape index (κ1) is 15.0. The molecule has 1 unspecified atom stereocenters. The number of sulfonamides is 1. The molecule has 3 rings (SSSR count). The number of H-pyrrole nitrogens is 1. The summed E-state index contributed by atoms with van der Waals surface area (Å²) in [6.45, 7) is 1.56. The number of ether oxygens (including phenoxy) is 1. The predicted molar refractivity (Wildman–Crippen MR) is 77.2 cm³/mol. The Bertz CT molecular complexity index is 562. The van der Waals surface area contributed by atoms with Crippen LogP contribution in [0, 0.1) is 0 Å². The van der Waals surface area contributed by atoms with Crippen molar-refractivity contribution in [2.45, 2.75) is 55.8 Å². The van der Waals surface area contributed by atoms with Crippen molar-refractivity contribution in [3.05, 3.63) is 11.8 Å². The third-order valence-corrected chi connectivity index (χ3v) is 5.32. The van der Waals surface area contributed by atoms with Crippen LogP contribution in [0.2, 0.25) is 0 Å². The van der Waals surface area contributed by atoms with Gasteiger partial charge in [-0.25, -0.2) is 13.1 Å². The van der Waals surface area contributed by atoms with E-state index in [4.69, 9.17) is 4.74 Å². The van der Waals surface area contributed by atoms with Crippen LogP contribution in [0.15, 0.2) is 11.2 Å². The molecule has 1 atom stereocenters. The van der Waals surface area contributed by atoms with Gasteiger partial charge in [0.1, 0.15) is 0 Å². The Morgan fingerprint density at radius 3 is 2.90 bits per heavy atom. The highest BCUT2D eigenvalue weighted by molar-refractivity contribution is 7.89. The molecule has 1 aliphatic carbocycles. The summed E-state index contributed by atoms with van der Waals surface area (Å²) in [6.07, 6.45) is 6.93. The van der Waals surface area contributed by atoms with Crippen molar-refractivity contribution in [3.63, 3.8) is 0 Å². The molecule has 2 fully saturated rings. The molecule has 1 aliphatic heterocycles. The molecule has 1 saturated heterocycles. The van der Waals surface area contributed by atoms with Crippen molar-refractivity contribution < 1.29 is 13.2 Å². The second-order valence-electron chi connectivity index (χ2n) is 5.72. The van der Waals surface area contributed by atoms with Gasteiger partial charge in [0.15, 0.2) is 5.03 Å². The first-order valence-electron chi connectivity index (χ1n) is 7.52. The Kier molecular flexibility index (Phi) is 4.58. The van der Waals surface area contributed by atoms with Gasteiger partial charge in [0, 0.05) is 31.3 Å². The highest BCUT2D eigenvalue weighted by atomic mass is 32.2. The van der Waals surface area contributed by atoms with E-state index in [-0.39, 0.29) is 11.1 Å². The van der Waals surface area contributed by atoms with Gasteiger partial charge in [-0.2, -0.15) is 5.10 Å². The number of aromatic amines is 1. The fourth-order valence-electron chi connectivity index (χ4n) is 2.44. The molecule has 0 bridgehead atoms. The van der Waals surface area contributed by atoms with Crippen molar-refractivity contribution in [2.75, 3.05) is 13.2 Å². The maximum Gasteiger partial charge on any atom is 0.257 e. The fourth-order valence-corrected chi connectivity index (χ4v) is 3.64. The SMILES string of the molecule is O=S(=O)(NCC1CCCCO1)c1[nH]ncc1CNC1CC1. The van der Waals surface area contributed by atoms with Gasteiger partial charge in [-0.3, -0.25) is 5.10 Å². The second kappa shape index (κ2) is 6.43. The molecule has 1 saturated carbocycles. The van der Waals surface area contributed by atoms with Gasteiger partial charge < -0.3 is 10.1 Å². The molecular formula is C13H22N4O3S. The van der Waals surface area contributed by atoms with Crippen LogP contribution in [0.3, 0.4) is 0 Å². The third-order valence-electron chi connectivity index (χ3n) is 3.88. The lowest BCUT2D eigenvalue weighted by atomic mass is 10.1. The van der Waals surface area contributed by atoms with Crippen LogP contribution in [-0.4, -0.2) is 43.9 Å². The van der Waals surface area contributed by atoms with E-state index >= 15 is 0 Å². The summed E-state index contributed by atoms with van der Waals surface area (Å²) in [5.41, 5.74) is 0.680. The summed E-state index contributed by atoms with van der Waals surface area (Å²) >= 11 is 0. The Morgan fingerprint density at radius 2 is 2.19 bits per heavy atom. The van der Waals surface area contributed by atoms with Crippen LogP contribution in [0.25, 0.3) is 0 Å². The van der Waals surface area contributed by atoms with Crippen LogP contribution in [0.4, 0.5) is 0 Å². The lowest BCUT2D eigenvalue weighted by Crippen LogP contribution is -2.36. The molecule has 118 valence electrons. The van der Waals surface area contributed by atoms with E-state index in [0.29, 0.717) is 31.3 Å². The minimum Gasteiger partial charge on any atom is -0.377 e. The van der Waals surface area contributed by atoms with Gasteiger partial charge in [-0.1, -0.05) is 0 Å². The van der Waals surface area contributed by atoms with E-state index in [1.807, 2.05) is 0 Å². The molecule has 2 aliphatic rings. The zero-order chi connectivity index (χ0) is 14.7. The van der Waals surface area contributed by atoms with Gasteiger partial charge in [-0.15, -0.1) is 0 Å². The smallest absolute Gasteiger partial charge is 0.257 e. The first-order valence-corrected chi connectivity index (χ1v) is 9.00. The number of aromatic nitrogens is 2. The normalized spacial score (nSPS) is 23.3. The molecule has 0 spiro atoms. The topological polar surface area (TPSA) is 96.1 Å². The fraction of sp³-hybridized carbons (Fsp3) is 0.769. The van der Waals surface area contributed by atoms with Gasteiger partial charge in [-0.05, 0) is 32.1 Å². The summed E-state index contributed by atoms with van der Waals surface area (Å²) in [5.74, 6) is 0. The molecule has 3 N–H and O–H groups in total. The highest BCUT2D eigenvalue weighted by Gasteiger charge is 2.25. The van der Waals surface area contributed by atoms with Crippen molar-refractivity contribution in [2.24, 2.45) is 0 Å². The Labute approximate surface area is 124 Å². The zero-order valence-corrected chi connectivity index (χ0v) is 12.8. The molecule has 0 radical (unpaired) electrons. The van der Waals surface area contributed by atoms with Crippen LogP contribution >= 0.6 is 0 Å². The van der Waals surface area contributed by atoms with Gasteiger partial charge >= 0.3 is 0 Å². The number of rotatable bonds is 7. The maximum atomic E-state index is 12.4. The van der Waals surface area contributed by atoms with E-state index < -0.39 is 10.0 Å². The van der Waals surface area contributed by atoms with Crippen LogP contribution in [0.5, 0.6) is 0 Å². The molecule has 1 aromatic rings. The lowest BCUT2D eigenvalue weighted by molar-refractivity contribution is 0.0200. The van der Waals surface area contributed by atoms with E-state index in [1.54, 1.807) is 6.20 Å². The van der Waals surface area contributed by atoms with Crippen LogP contribution in [0.1, 0.15) is 37.7 Å². The number of hydrogen-bond donors (Lipinski definition) is 3. The van der Waals surface area contributed by atoms with E-state index in [9.17, 15) is 8.42 Å². The first-order chi connectivity index (χ1) is 10.1. The monoisotopic (exact) mass is 314 g/mol. The number of nitrogens with zero attached hydrogens (tertiary/aromatic N) is 1. The molecule has 2 heterocycles. The molecule has 8 heteroatoms. The number of nitrogens with one attached hydrogen (secondary N) is 3. The average molecular weight is 314 g/mol. The Balaban J connectivity index is 1.59. The Morgan fingerprint density at radius 1 is 1.33 bits per heavy atom. The van der Waals surface area contributed by atoms with E-state index in [0.717, 1.165) is 32.1 Å². The molecule has 1 aromatic heterocycles. The van der Waals surface area contributed by atoms with Gasteiger partial charge in [0.2, 0.25) is 0 Å². The molecule has 0 amide bonds. The summed E-state index contributed by atoms with van der Waals surface area (Å²) in [5, 5.41) is 9.92. The highest BCUT2D eigenvalue weighted by Crippen LogP contribution is 2.20. The number of hydrogen-bond acceptors (Lipinski definition) is 5. The molecule has 21 heavy (non-hydrogen) atoms. The molecule has 0 aromatic carbocycles. The van der Waals surface area contributed by atoms with Crippen molar-refractivity contribution in [1.29, 1.82) is 0 Å². The van der Waals surface area contributed by atoms with E-state index in [1.165, 1.54) is 0 Å². The second-order valence-corrected chi connectivity index (χ2v) is 7.42. The van der Waals surface area contributed by atoms with Gasteiger partial charge in [0.25, 0.3) is 10.0 Å². The summed E-state index contributed by atoms with van der Waals surface area (Å²) in [4.78, 5) is 0. The molecular weight excluding hydrogens is 292 g/mol. The lowest BCUT2D eigenvalue weighted by Gasteiger charge is -2.22.